The van der Waals surface area contributed by atoms with Crippen LogP contribution in [0.2, 0.25) is 0 Å². The number of aliphatic imine (C=N–C) groups is 1. The van der Waals surface area contributed by atoms with E-state index in [-0.39, 0.29) is 11.7 Å². The summed E-state index contributed by atoms with van der Waals surface area (Å²) in [5, 5.41) is 4.13. The molecule has 0 saturated heterocycles. The van der Waals surface area contributed by atoms with Gasteiger partial charge in [0.15, 0.2) is 11.8 Å². The van der Waals surface area contributed by atoms with Gasteiger partial charge in [-0.2, -0.15) is 0 Å². The van der Waals surface area contributed by atoms with Gasteiger partial charge in [0, 0.05) is 17.5 Å². The summed E-state index contributed by atoms with van der Waals surface area (Å²) in [6.45, 7) is 3.09. The maximum atomic E-state index is 14.7. The fourth-order valence-electron chi connectivity index (χ4n) is 3.25. The molecule has 0 saturated carbocycles. The van der Waals surface area contributed by atoms with Gasteiger partial charge in [-0.1, -0.05) is 54.5 Å². The van der Waals surface area contributed by atoms with Crippen LogP contribution in [0.3, 0.4) is 0 Å². The van der Waals surface area contributed by atoms with Crippen LogP contribution in [-0.4, -0.2) is 36.4 Å². The molecule has 1 aromatic heterocycles. The van der Waals surface area contributed by atoms with Gasteiger partial charge in [-0.05, 0) is 24.2 Å². The third kappa shape index (κ3) is 3.48. The summed E-state index contributed by atoms with van der Waals surface area (Å²) >= 11 is 0. The largest absolute Gasteiger partial charge is 0.369 e. The predicted molar refractivity (Wildman–Crippen MR) is 107 cm³/mol. The fraction of sp³-hybridized carbons (Fsp3) is 0.238. The molecule has 6 nitrogen and oxygen atoms in total. The minimum absolute atomic E-state index is 0.152. The van der Waals surface area contributed by atoms with Gasteiger partial charge in [0.2, 0.25) is 0 Å². The maximum Gasteiger partial charge on any atom is 0.199 e. The van der Waals surface area contributed by atoms with E-state index >= 15 is 0 Å². The lowest BCUT2D eigenvalue weighted by atomic mass is 9.95. The molecule has 1 aliphatic rings. The fourth-order valence-corrected chi connectivity index (χ4v) is 3.25. The van der Waals surface area contributed by atoms with E-state index in [1.54, 1.807) is 17.0 Å². The molecule has 0 amide bonds. The van der Waals surface area contributed by atoms with E-state index in [1.165, 1.54) is 0 Å². The van der Waals surface area contributed by atoms with E-state index in [0.29, 0.717) is 36.4 Å². The van der Waals surface area contributed by atoms with Gasteiger partial charge in [0.1, 0.15) is 11.6 Å². The van der Waals surface area contributed by atoms with Crippen molar-refractivity contribution in [3.63, 3.8) is 0 Å². The number of nitrogens with two attached hydrogens (primary N) is 1. The number of benzene rings is 2. The zero-order valence-electron chi connectivity index (χ0n) is 15.8. The average Bonchev–Trinajstić information content (AvgIpc) is 3.20. The second-order valence-electron chi connectivity index (χ2n) is 7.00. The standard InChI is InChI=1S/C21H22FN5O/c1-14(16-8-9-17(18(22)10-16)15-6-4-3-5-7-15)19-11-20(25-28-19)27-13-26(2)12-24-21(27)23/h3-11,14H,12-13H2,1-2H3,(H2,23,24). The van der Waals surface area contributed by atoms with E-state index in [1.807, 2.05) is 61.3 Å². The van der Waals surface area contributed by atoms with Crippen LogP contribution in [0.25, 0.3) is 11.1 Å². The van der Waals surface area contributed by atoms with Crippen LogP contribution < -0.4 is 10.6 Å². The van der Waals surface area contributed by atoms with Gasteiger partial charge < -0.3 is 10.3 Å². The van der Waals surface area contributed by atoms with E-state index in [4.69, 9.17) is 10.3 Å². The zero-order chi connectivity index (χ0) is 19.7. The zero-order valence-corrected chi connectivity index (χ0v) is 15.8. The Bertz CT molecular complexity index is 1000. The number of nitrogens with zero attached hydrogens (tertiary/aromatic N) is 4. The summed E-state index contributed by atoms with van der Waals surface area (Å²) in [4.78, 5) is 8.03. The molecule has 0 fully saturated rings. The van der Waals surface area contributed by atoms with Crippen LogP contribution in [0, 0.1) is 5.82 Å². The third-order valence-corrected chi connectivity index (χ3v) is 4.93. The van der Waals surface area contributed by atoms with Gasteiger partial charge >= 0.3 is 0 Å². The minimum Gasteiger partial charge on any atom is -0.369 e. The molecule has 0 bridgehead atoms. The highest BCUT2D eigenvalue weighted by molar-refractivity contribution is 5.94. The Morgan fingerprint density at radius 2 is 1.93 bits per heavy atom. The van der Waals surface area contributed by atoms with Gasteiger partial charge in [0.05, 0.1) is 13.3 Å². The number of halogens is 1. The van der Waals surface area contributed by atoms with Crippen LogP contribution in [0.4, 0.5) is 10.2 Å². The Morgan fingerprint density at radius 3 is 2.68 bits per heavy atom. The predicted octanol–water partition coefficient (Wildman–Crippen LogP) is 3.61. The molecule has 4 rings (SSSR count). The highest BCUT2D eigenvalue weighted by Gasteiger charge is 2.23. The molecule has 2 aromatic carbocycles. The number of hydrogen-bond donors (Lipinski definition) is 1. The Morgan fingerprint density at radius 1 is 1.14 bits per heavy atom. The summed E-state index contributed by atoms with van der Waals surface area (Å²) in [6.07, 6.45) is 0. The van der Waals surface area contributed by atoms with E-state index in [0.717, 1.165) is 11.1 Å². The molecule has 2 heterocycles. The quantitative estimate of drug-likeness (QED) is 0.750. The van der Waals surface area contributed by atoms with Crippen LogP contribution in [-0.2, 0) is 0 Å². The lowest BCUT2D eigenvalue weighted by molar-refractivity contribution is 0.336. The van der Waals surface area contributed by atoms with Crippen molar-refractivity contribution >= 4 is 11.8 Å². The van der Waals surface area contributed by atoms with Crippen molar-refractivity contribution < 1.29 is 8.91 Å². The SMILES string of the molecule is CC(c1ccc(-c2ccccc2)c(F)c1)c1cc(N2CN(C)CN=C2N)no1. The first-order valence-corrected chi connectivity index (χ1v) is 9.10. The molecule has 28 heavy (non-hydrogen) atoms. The summed E-state index contributed by atoms with van der Waals surface area (Å²) in [6, 6.07) is 16.6. The molecule has 1 atom stereocenters. The van der Waals surface area contributed by atoms with E-state index in [9.17, 15) is 4.39 Å². The molecular formula is C21H22FN5O. The Kier molecular flexibility index (Phi) is 4.83. The maximum absolute atomic E-state index is 14.7. The summed E-state index contributed by atoms with van der Waals surface area (Å²) in [7, 11) is 1.95. The molecule has 1 unspecified atom stereocenters. The van der Waals surface area contributed by atoms with Crippen molar-refractivity contribution in [3.8, 4) is 11.1 Å². The van der Waals surface area contributed by atoms with Crippen molar-refractivity contribution in [1.82, 2.24) is 10.1 Å². The molecular weight excluding hydrogens is 357 g/mol. The smallest absolute Gasteiger partial charge is 0.199 e. The first-order valence-electron chi connectivity index (χ1n) is 9.10. The molecule has 3 aromatic rings. The van der Waals surface area contributed by atoms with Crippen LogP contribution in [0.15, 0.2) is 64.1 Å². The number of rotatable bonds is 4. The topological polar surface area (TPSA) is 70.9 Å². The van der Waals surface area contributed by atoms with E-state index < -0.39 is 0 Å². The van der Waals surface area contributed by atoms with Crippen LogP contribution in [0.5, 0.6) is 0 Å². The molecule has 7 heteroatoms. The lowest BCUT2D eigenvalue weighted by Crippen LogP contribution is -2.48. The molecule has 0 spiro atoms. The minimum atomic E-state index is -0.260. The normalized spacial score (nSPS) is 16.1. The second-order valence-corrected chi connectivity index (χ2v) is 7.00. The van der Waals surface area contributed by atoms with Crippen LogP contribution >= 0.6 is 0 Å². The molecule has 2 N–H and O–H groups in total. The van der Waals surface area contributed by atoms with Gasteiger partial charge in [-0.25, -0.2) is 9.38 Å². The van der Waals surface area contributed by atoms with Crippen molar-refractivity contribution in [2.24, 2.45) is 10.7 Å². The van der Waals surface area contributed by atoms with Crippen molar-refractivity contribution in [1.29, 1.82) is 0 Å². The van der Waals surface area contributed by atoms with Gasteiger partial charge in [0.25, 0.3) is 0 Å². The third-order valence-electron chi connectivity index (χ3n) is 4.93. The first kappa shape index (κ1) is 18.2. The van der Waals surface area contributed by atoms with Crippen molar-refractivity contribution in [2.75, 3.05) is 25.3 Å². The Balaban J connectivity index is 1.58. The highest BCUT2D eigenvalue weighted by Crippen LogP contribution is 2.31. The van der Waals surface area contributed by atoms with Gasteiger partial charge in [-0.3, -0.25) is 9.80 Å². The lowest BCUT2D eigenvalue weighted by Gasteiger charge is -2.30. The van der Waals surface area contributed by atoms with Crippen molar-refractivity contribution in [3.05, 3.63) is 71.7 Å². The highest BCUT2D eigenvalue weighted by atomic mass is 19.1. The summed E-state index contributed by atoms with van der Waals surface area (Å²) in [5.41, 5.74) is 8.23. The summed E-state index contributed by atoms with van der Waals surface area (Å²) in [5.74, 6) is 1.23. The second kappa shape index (κ2) is 7.44. The Hall–Kier alpha value is -3.19. The number of guanidine groups is 1. The summed E-state index contributed by atoms with van der Waals surface area (Å²) < 4.78 is 20.2. The Labute approximate surface area is 163 Å². The molecule has 1 aliphatic heterocycles. The molecule has 0 radical (unpaired) electrons. The molecule has 0 aliphatic carbocycles. The van der Waals surface area contributed by atoms with Crippen LogP contribution in [0.1, 0.15) is 24.2 Å². The van der Waals surface area contributed by atoms with Gasteiger partial charge in [-0.15, -0.1) is 0 Å². The average molecular weight is 379 g/mol. The number of hydrogen-bond acceptors (Lipinski definition) is 6. The number of aromatic nitrogens is 1. The van der Waals surface area contributed by atoms with E-state index in [2.05, 4.69) is 10.1 Å². The molecule has 144 valence electrons. The number of anilines is 1. The first-order chi connectivity index (χ1) is 13.5. The monoisotopic (exact) mass is 379 g/mol. The van der Waals surface area contributed by atoms with Crippen molar-refractivity contribution in [2.45, 2.75) is 12.8 Å².